The summed E-state index contributed by atoms with van der Waals surface area (Å²) in [6.45, 7) is 3.56. The third kappa shape index (κ3) is 29.1. The molecule has 10 nitrogen and oxygen atoms in total. The van der Waals surface area contributed by atoms with Crippen molar-refractivity contribution in [2.75, 3.05) is 13.2 Å². The monoisotopic (exact) mass is 836 g/mol. The fourth-order valence-electron chi connectivity index (χ4n) is 7.25. The second-order valence-electron chi connectivity index (χ2n) is 16.7. The van der Waals surface area contributed by atoms with Gasteiger partial charge in [-0.2, -0.15) is 0 Å². The highest BCUT2D eigenvalue weighted by Gasteiger charge is 2.44. The number of aliphatic hydroxyl groups excluding tert-OH is 6. The van der Waals surface area contributed by atoms with Crippen LogP contribution in [0.4, 0.5) is 0 Å². The summed E-state index contributed by atoms with van der Waals surface area (Å²) in [5.41, 5.74) is 0. The van der Waals surface area contributed by atoms with Gasteiger partial charge in [0.15, 0.2) is 6.29 Å². The number of amides is 1. The Morgan fingerprint density at radius 1 is 0.576 bits per heavy atom. The lowest BCUT2D eigenvalue weighted by atomic mass is 9.99. The molecule has 7 N–H and O–H groups in total. The first-order valence-electron chi connectivity index (χ1n) is 24.0. The summed E-state index contributed by atoms with van der Waals surface area (Å²) in [6, 6.07) is -1.01. The molecule has 0 aliphatic carbocycles. The van der Waals surface area contributed by atoms with Crippen LogP contribution in [0.2, 0.25) is 0 Å². The fraction of sp³-hybridized carbons (Fsp3) is 0.816. The van der Waals surface area contributed by atoms with E-state index in [1.165, 1.54) is 109 Å². The number of carbonyl (C=O) groups excluding carboxylic acids is 1. The van der Waals surface area contributed by atoms with Gasteiger partial charge < -0.3 is 45.4 Å². The Morgan fingerprint density at radius 3 is 1.47 bits per heavy atom. The molecule has 59 heavy (non-hydrogen) atoms. The molecule has 1 heterocycles. The lowest BCUT2D eigenvalue weighted by Crippen LogP contribution is -2.60. The van der Waals surface area contributed by atoms with Crippen molar-refractivity contribution in [3.8, 4) is 0 Å². The molecule has 0 radical (unpaired) electrons. The van der Waals surface area contributed by atoms with Gasteiger partial charge in [0.2, 0.25) is 5.91 Å². The summed E-state index contributed by atoms with van der Waals surface area (Å²) in [4.78, 5) is 13.0. The van der Waals surface area contributed by atoms with Crippen molar-refractivity contribution in [1.29, 1.82) is 0 Å². The van der Waals surface area contributed by atoms with Crippen molar-refractivity contribution < 1.29 is 44.9 Å². The molecule has 1 aliphatic heterocycles. The zero-order valence-electron chi connectivity index (χ0n) is 37.4. The van der Waals surface area contributed by atoms with Gasteiger partial charge in [-0.25, -0.2) is 0 Å². The predicted octanol–water partition coefficient (Wildman–Crippen LogP) is 9.20. The highest BCUT2D eigenvalue weighted by atomic mass is 16.7. The van der Waals surface area contributed by atoms with Crippen LogP contribution in [0.25, 0.3) is 0 Å². The molecule has 0 aromatic carbocycles. The normalized spacial score (nSPS) is 21.7. The Labute approximate surface area is 359 Å². The molecule has 0 aromatic heterocycles. The minimum absolute atomic E-state index is 0.292. The van der Waals surface area contributed by atoms with Crippen LogP contribution in [-0.4, -0.2) is 98.7 Å². The zero-order chi connectivity index (χ0) is 43.2. The number of allylic oxidation sites excluding steroid dienone is 7. The number of ether oxygens (including phenoxy) is 2. The summed E-state index contributed by atoms with van der Waals surface area (Å²) in [6.07, 6.45) is 39.1. The van der Waals surface area contributed by atoms with Gasteiger partial charge in [-0.1, -0.05) is 172 Å². The minimum Gasteiger partial charge on any atom is -0.394 e. The Hall–Kier alpha value is -1.89. The first kappa shape index (κ1) is 55.1. The molecule has 8 unspecified atom stereocenters. The van der Waals surface area contributed by atoms with Crippen molar-refractivity contribution in [3.63, 3.8) is 0 Å². The van der Waals surface area contributed by atoms with Gasteiger partial charge >= 0.3 is 0 Å². The molecule has 344 valence electrons. The summed E-state index contributed by atoms with van der Waals surface area (Å²) in [5, 5.41) is 64.7. The molecule has 0 saturated carbocycles. The Morgan fingerprint density at radius 2 is 1.00 bits per heavy atom. The smallest absolute Gasteiger partial charge is 0.249 e. The lowest BCUT2D eigenvalue weighted by molar-refractivity contribution is -0.302. The van der Waals surface area contributed by atoms with E-state index in [0.717, 1.165) is 51.4 Å². The Kier molecular flexibility index (Phi) is 36.4. The second-order valence-corrected chi connectivity index (χ2v) is 16.7. The first-order chi connectivity index (χ1) is 28.8. The minimum atomic E-state index is -1.62. The SMILES string of the molecule is CCCCCCC/C=C/CC/C=C/CC/C=C/C(O)C(COC1OC(CO)C(O)C(O)C1O)NC(=O)C(O)CCCCCCCC/C=C\CCCCCCCCCCC. The Balaban J connectivity index is 2.42. The van der Waals surface area contributed by atoms with E-state index < -0.39 is 61.5 Å². The van der Waals surface area contributed by atoms with Crippen LogP contribution < -0.4 is 5.32 Å². The van der Waals surface area contributed by atoms with E-state index in [1.54, 1.807) is 6.08 Å². The molecule has 8 atom stereocenters. The van der Waals surface area contributed by atoms with Crippen molar-refractivity contribution in [1.82, 2.24) is 5.32 Å². The number of hydrogen-bond acceptors (Lipinski definition) is 9. The number of hydrogen-bond donors (Lipinski definition) is 7. The highest BCUT2D eigenvalue weighted by molar-refractivity contribution is 5.80. The van der Waals surface area contributed by atoms with E-state index in [9.17, 15) is 35.4 Å². The molecular formula is C49H89NO9. The lowest BCUT2D eigenvalue weighted by Gasteiger charge is -2.40. The van der Waals surface area contributed by atoms with Crippen molar-refractivity contribution >= 4 is 5.91 Å². The standard InChI is InChI=1S/C49H89NO9/c1-3-5-7-9-11-13-15-17-19-20-21-22-24-26-28-30-32-34-36-38-43(53)48(57)50-41(40-58-49-47(56)46(55)45(54)44(39-51)59-49)42(52)37-35-33-31-29-27-25-23-18-16-14-12-10-8-6-4-2/h16,18,21-22,27,29,35,37,41-47,49,51-56H,3-15,17,19-20,23-26,28,30-34,36,38-40H2,1-2H3,(H,50,57)/b18-16+,22-21-,29-27+,37-35+. The van der Waals surface area contributed by atoms with Crippen LogP contribution >= 0.6 is 0 Å². The molecule has 0 aromatic rings. The van der Waals surface area contributed by atoms with Gasteiger partial charge in [-0.15, -0.1) is 0 Å². The topological polar surface area (TPSA) is 169 Å². The fourth-order valence-corrected chi connectivity index (χ4v) is 7.25. The van der Waals surface area contributed by atoms with E-state index in [4.69, 9.17) is 9.47 Å². The van der Waals surface area contributed by atoms with Crippen molar-refractivity contribution in [3.05, 3.63) is 48.6 Å². The molecule has 1 fully saturated rings. The Bertz CT molecular complexity index is 1080. The van der Waals surface area contributed by atoms with Crippen molar-refractivity contribution in [2.24, 2.45) is 0 Å². The summed E-state index contributed by atoms with van der Waals surface area (Å²) in [5.74, 6) is -0.637. The van der Waals surface area contributed by atoms with Gasteiger partial charge in [0.25, 0.3) is 0 Å². The number of aliphatic hydroxyl groups is 6. The second kappa shape index (κ2) is 39.0. The summed E-state index contributed by atoms with van der Waals surface area (Å²) in [7, 11) is 0. The van der Waals surface area contributed by atoms with Crippen LogP contribution in [0.3, 0.4) is 0 Å². The number of nitrogens with one attached hydrogen (secondary N) is 1. The van der Waals surface area contributed by atoms with Crippen LogP contribution in [0, 0.1) is 0 Å². The molecule has 10 heteroatoms. The molecular weight excluding hydrogens is 747 g/mol. The molecule has 0 bridgehead atoms. The zero-order valence-corrected chi connectivity index (χ0v) is 37.4. The quantitative estimate of drug-likeness (QED) is 0.0236. The van der Waals surface area contributed by atoms with Gasteiger partial charge in [0.05, 0.1) is 25.4 Å². The maximum absolute atomic E-state index is 13.0. The van der Waals surface area contributed by atoms with E-state index in [0.29, 0.717) is 19.3 Å². The van der Waals surface area contributed by atoms with E-state index >= 15 is 0 Å². The molecule has 0 spiro atoms. The first-order valence-corrected chi connectivity index (χ1v) is 24.0. The third-order valence-corrected chi connectivity index (χ3v) is 11.2. The van der Waals surface area contributed by atoms with Crippen LogP contribution in [0.1, 0.15) is 194 Å². The van der Waals surface area contributed by atoms with E-state index in [-0.39, 0.29) is 6.61 Å². The van der Waals surface area contributed by atoms with Crippen LogP contribution in [-0.2, 0) is 14.3 Å². The average molecular weight is 836 g/mol. The third-order valence-electron chi connectivity index (χ3n) is 11.2. The largest absolute Gasteiger partial charge is 0.394 e. The predicted molar refractivity (Wildman–Crippen MR) is 241 cm³/mol. The molecule has 1 saturated heterocycles. The number of rotatable bonds is 39. The summed E-state index contributed by atoms with van der Waals surface area (Å²) < 4.78 is 11.1. The van der Waals surface area contributed by atoms with E-state index in [1.807, 2.05) is 6.08 Å². The molecule has 1 amide bonds. The maximum Gasteiger partial charge on any atom is 0.249 e. The van der Waals surface area contributed by atoms with Crippen LogP contribution in [0.5, 0.6) is 0 Å². The summed E-state index contributed by atoms with van der Waals surface area (Å²) >= 11 is 0. The average Bonchev–Trinajstić information content (AvgIpc) is 3.23. The molecule has 1 rings (SSSR count). The number of unbranched alkanes of at least 4 members (excludes halogenated alkanes) is 22. The number of carbonyl (C=O) groups is 1. The van der Waals surface area contributed by atoms with Gasteiger partial charge in [-0.3, -0.25) is 4.79 Å². The maximum atomic E-state index is 13.0. The van der Waals surface area contributed by atoms with Crippen molar-refractivity contribution in [2.45, 2.75) is 243 Å². The van der Waals surface area contributed by atoms with Crippen LogP contribution in [0.15, 0.2) is 48.6 Å². The highest BCUT2D eigenvalue weighted by Crippen LogP contribution is 2.22. The van der Waals surface area contributed by atoms with Gasteiger partial charge in [-0.05, 0) is 70.6 Å². The van der Waals surface area contributed by atoms with E-state index in [2.05, 4.69) is 55.6 Å². The molecule has 1 aliphatic rings. The van der Waals surface area contributed by atoms with Gasteiger partial charge in [0, 0.05) is 0 Å². The van der Waals surface area contributed by atoms with Gasteiger partial charge in [0.1, 0.15) is 30.5 Å².